The first-order valence-electron chi connectivity index (χ1n) is 8.68. The summed E-state index contributed by atoms with van der Waals surface area (Å²) in [6, 6.07) is 7.76. The van der Waals surface area contributed by atoms with Gasteiger partial charge in [0.15, 0.2) is 6.61 Å². The first-order valence-corrected chi connectivity index (χ1v) is 8.68. The molecule has 140 valence electrons. The van der Waals surface area contributed by atoms with Crippen LogP contribution >= 0.6 is 0 Å². The van der Waals surface area contributed by atoms with E-state index in [9.17, 15) is 14.0 Å². The standard InChI is InChI=1S/C19H18FN3O4/c20-14-3-1-11(2-4-14)17-12(5-6-26-17)8-21-18(25)13-7-15-19(22-9-13)27-10-16(24)23-15/h1-4,7,9,12,17H,5-6,8,10H2,(H,21,25)(H,23,24)/t12-,17-/m0/s1. The Morgan fingerprint density at radius 3 is 2.96 bits per heavy atom. The van der Waals surface area contributed by atoms with E-state index in [2.05, 4.69) is 15.6 Å². The smallest absolute Gasteiger partial charge is 0.262 e. The number of nitrogens with one attached hydrogen (secondary N) is 2. The minimum absolute atomic E-state index is 0.0853. The number of hydrogen-bond donors (Lipinski definition) is 2. The lowest BCUT2D eigenvalue weighted by Gasteiger charge is -2.20. The number of aromatic nitrogens is 1. The van der Waals surface area contributed by atoms with Crippen LogP contribution in [0, 0.1) is 11.7 Å². The van der Waals surface area contributed by atoms with Crippen LogP contribution < -0.4 is 15.4 Å². The zero-order valence-corrected chi connectivity index (χ0v) is 14.4. The van der Waals surface area contributed by atoms with Crippen LogP contribution in [0.2, 0.25) is 0 Å². The Morgan fingerprint density at radius 2 is 2.15 bits per heavy atom. The van der Waals surface area contributed by atoms with Gasteiger partial charge in [-0.1, -0.05) is 12.1 Å². The Bertz CT molecular complexity index is 872. The number of pyridine rings is 1. The second-order valence-corrected chi connectivity index (χ2v) is 6.52. The lowest BCUT2D eigenvalue weighted by Crippen LogP contribution is -2.31. The van der Waals surface area contributed by atoms with Gasteiger partial charge < -0.3 is 20.1 Å². The highest BCUT2D eigenvalue weighted by Gasteiger charge is 2.30. The third-order valence-corrected chi connectivity index (χ3v) is 4.66. The van der Waals surface area contributed by atoms with Crippen molar-refractivity contribution in [3.63, 3.8) is 0 Å². The summed E-state index contributed by atoms with van der Waals surface area (Å²) < 4.78 is 24.1. The molecule has 2 atom stereocenters. The molecule has 1 fully saturated rings. The van der Waals surface area contributed by atoms with Crippen molar-refractivity contribution in [1.82, 2.24) is 10.3 Å². The van der Waals surface area contributed by atoms with Gasteiger partial charge in [-0.3, -0.25) is 9.59 Å². The number of hydrogen-bond acceptors (Lipinski definition) is 5. The molecule has 1 saturated heterocycles. The maximum Gasteiger partial charge on any atom is 0.262 e. The Hall–Kier alpha value is -3.00. The van der Waals surface area contributed by atoms with Gasteiger partial charge in [0.1, 0.15) is 11.5 Å². The van der Waals surface area contributed by atoms with E-state index in [4.69, 9.17) is 9.47 Å². The fraction of sp³-hybridized carbons (Fsp3) is 0.316. The number of rotatable bonds is 4. The number of benzene rings is 1. The van der Waals surface area contributed by atoms with E-state index in [0.29, 0.717) is 30.3 Å². The van der Waals surface area contributed by atoms with E-state index in [1.54, 1.807) is 12.1 Å². The quantitative estimate of drug-likeness (QED) is 0.859. The van der Waals surface area contributed by atoms with Gasteiger partial charge >= 0.3 is 0 Å². The van der Waals surface area contributed by atoms with Crippen LogP contribution in [0.25, 0.3) is 0 Å². The molecule has 2 aliphatic heterocycles. The second-order valence-electron chi connectivity index (χ2n) is 6.52. The molecule has 0 bridgehead atoms. The van der Waals surface area contributed by atoms with E-state index in [1.807, 2.05) is 0 Å². The lowest BCUT2D eigenvalue weighted by molar-refractivity contribution is -0.118. The molecule has 0 aliphatic carbocycles. The molecule has 2 N–H and O–H groups in total. The molecule has 0 saturated carbocycles. The van der Waals surface area contributed by atoms with Crippen molar-refractivity contribution < 1.29 is 23.5 Å². The zero-order valence-electron chi connectivity index (χ0n) is 14.4. The number of anilines is 1. The van der Waals surface area contributed by atoms with Crippen LogP contribution in [0.1, 0.15) is 28.4 Å². The molecule has 2 aromatic rings. The van der Waals surface area contributed by atoms with Crippen molar-refractivity contribution in [2.24, 2.45) is 5.92 Å². The Balaban J connectivity index is 1.41. The third kappa shape index (κ3) is 3.75. The average molecular weight is 371 g/mol. The fourth-order valence-corrected chi connectivity index (χ4v) is 3.29. The summed E-state index contributed by atoms with van der Waals surface area (Å²) in [4.78, 5) is 27.9. The summed E-state index contributed by atoms with van der Waals surface area (Å²) in [5.41, 5.74) is 1.60. The first kappa shape index (κ1) is 17.4. The average Bonchev–Trinajstić information content (AvgIpc) is 3.14. The van der Waals surface area contributed by atoms with E-state index < -0.39 is 0 Å². The summed E-state index contributed by atoms with van der Waals surface area (Å²) in [5, 5.41) is 5.51. The normalized spacial score (nSPS) is 21.1. The predicted molar refractivity (Wildman–Crippen MR) is 93.9 cm³/mol. The van der Waals surface area contributed by atoms with Gasteiger partial charge in [0.25, 0.3) is 11.8 Å². The number of halogens is 1. The highest BCUT2D eigenvalue weighted by Crippen LogP contribution is 2.34. The summed E-state index contributed by atoms with van der Waals surface area (Å²) in [6.45, 7) is 0.922. The van der Waals surface area contributed by atoms with Crippen LogP contribution in [0.5, 0.6) is 5.88 Å². The lowest BCUT2D eigenvalue weighted by atomic mass is 9.95. The summed E-state index contributed by atoms with van der Waals surface area (Å²) >= 11 is 0. The fourth-order valence-electron chi connectivity index (χ4n) is 3.29. The number of carbonyl (C=O) groups excluding carboxylic acids is 2. The van der Waals surface area contributed by atoms with E-state index >= 15 is 0 Å². The molecular formula is C19H18FN3O4. The molecule has 1 aromatic heterocycles. The van der Waals surface area contributed by atoms with E-state index in [-0.39, 0.29) is 36.3 Å². The minimum Gasteiger partial charge on any atom is -0.466 e. The van der Waals surface area contributed by atoms with Crippen molar-refractivity contribution in [1.29, 1.82) is 0 Å². The summed E-state index contributed by atoms with van der Waals surface area (Å²) in [5.74, 6) is -0.487. The highest BCUT2D eigenvalue weighted by molar-refractivity contribution is 5.99. The molecular weight excluding hydrogens is 353 g/mol. The van der Waals surface area contributed by atoms with Crippen LogP contribution in [0.15, 0.2) is 36.5 Å². The maximum absolute atomic E-state index is 13.1. The molecule has 3 heterocycles. The first-order chi connectivity index (χ1) is 13.1. The monoisotopic (exact) mass is 371 g/mol. The van der Waals surface area contributed by atoms with Crippen LogP contribution in [0.3, 0.4) is 0 Å². The number of carbonyl (C=O) groups is 2. The molecule has 0 unspecified atom stereocenters. The zero-order chi connectivity index (χ0) is 18.8. The van der Waals surface area contributed by atoms with Crippen LogP contribution in [-0.4, -0.2) is 36.6 Å². The van der Waals surface area contributed by atoms with Crippen LogP contribution in [0.4, 0.5) is 10.1 Å². The van der Waals surface area contributed by atoms with Crippen molar-refractivity contribution in [2.75, 3.05) is 25.1 Å². The number of amides is 2. The van der Waals surface area contributed by atoms with Crippen molar-refractivity contribution >= 4 is 17.5 Å². The van der Waals surface area contributed by atoms with Crippen LogP contribution in [-0.2, 0) is 9.53 Å². The van der Waals surface area contributed by atoms with Crippen molar-refractivity contribution in [3.05, 3.63) is 53.5 Å². The highest BCUT2D eigenvalue weighted by atomic mass is 19.1. The number of fused-ring (bicyclic) bond motifs is 1. The minimum atomic E-state index is -0.296. The SMILES string of the molecule is O=C1COc2ncc(C(=O)NC[C@@H]3CCO[C@H]3c3ccc(F)cc3)cc2N1. The maximum atomic E-state index is 13.1. The van der Waals surface area contributed by atoms with Gasteiger partial charge in [0, 0.05) is 25.3 Å². The van der Waals surface area contributed by atoms with Gasteiger partial charge in [0.2, 0.25) is 5.88 Å². The molecule has 4 rings (SSSR count). The molecule has 1 aromatic carbocycles. The third-order valence-electron chi connectivity index (χ3n) is 4.66. The largest absolute Gasteiger partial charge is 0.466 e. The molecule has 0 spiro atoms. The predicted octanol–water partition coefficient (Wildman–Crippen LogP) is 2.06. The van der Waals surface area contributed by atoms with E-state index in [0.717, 1.165) is 12.0 Å². The molecule has 2 aliphatic rings. The molecule has 2 amide bonds. The van der Waals surface area contributed by atoms with Crippen molar-refractivity contribution in [2.45, 2.75) is 12.5 Å². The van der Waals surface area contributed by atoms with Crippen molar-refractivity contribution in [3.8, 4) is 5.88 Å². The number of nitrogens with zero attached hydrogens (tertiary/aromatic N) is 1. The van der Waals surface area contributed by atoms with Gasteiger partial charge in [-0.05, 0) is 30.2 Å². The second kappa shape index (κ2) is 7.32. The van der Waals surface area contributed by atoms with Gasteiger partial charge in [-0.15, -0.1) is 0 Å². The van der Waals surface area contributed by atoms with Gasteiger partial charge in [-0.25, -0.2) is 9.37 Å². The Morgan fingerprint density at radius 1 is 1.33 bits per heavy atom. The Labute approximate surface area is 154 Å². The summed E-state index contributed by atoms with van der Waals surface area (Å²) in [6.07, 6.45) is 2.03. The molecule has 8 heteroatoms. The number of ether oxygens (including phenoxy) is 2. The topological polar surface area (TPSA) is 89.5 Å². The molecule has 0 radical (unpaired) electrons. The Kier molecular flexibility index (Phi) is 4.72. The molecule has 7 nitrogen and oxygen atoms in total. The van der Waals surface area contributed by atoms with E-state index in [1.165, 1.54) is 24.4 Å². The summed E-state index contributed by atoms with van der Waals surface area (Å²) in [7, 11) is 0. The van der Waals surface area contributed by atoms with Gasteiger partial charge in [-0.2, -0.15) is 0 Å². The molecule has 27 heavy (non-hydrogen) atoms. The van der Waals surface area contributed by atoms with Gasteiger partial charge in [0.05, 0.1) is 11.7 Å².